The van der Waals surface area contributed by atoms with Gasteiger partial charge in [-0.3, -0.25) is 9.59 Å². The van der Waals surface area contributed by atoms with E-state index >= 15 is 0 Å². The lowest BCUT2D eigenvalue weighted by atomic mass is 9.96. The number of nitrogens with zero attached hydrogens (tertiary/aromatic N) is 2. The maximum absolute atomic E-state index is 12.3. The van der Waals surface area contributed by atoms with Gasteiger partial charge in [0.1, 0.15) is 0 Å². The van der Waals surface area contributed by atoms with E-state index in [1.54, 1.807) is 0 Å². The lowest BCUT2D eigenvalue weighted by Gasteiger charge is -2.37. The van der Waals surface area contributed by atoms with E-state index in [4.69, 9.17) is 0 Å². The minimum Gasteiger partial charge on any atom is -0.339 e. The van der Waals surface area contributed by atoms with Crippen LogP contribution in [-0.2, 0) is 9.59 Å². The molecule has 102 valence electrons. The molecule has 18 heavy (non-hydrogen) atoms. The molecular formula is C13H23N3O2. The maximum Gasteiger partial charge on any atom is 0.225 e. The van der Waals surface area contributed by atoms with Gasteiger partial charge in [0.2, 0.25) is 11.8 Å². The van der Waals surface area contributed by atoms with Gasteiger partial charge < -0.3 is 15.1 Å². The number of piperidine rings is 1. The number of hydrogen-bond donors (Lipinski definition) is 1. The zero-order valence-electron chi connectivity index (χ0n) is 11.2. The Labute approximate surface area is 108 Å². The van der Waals surface area contributed by atoms with Crippen LogP contribution in [0.4, 0.5) is 0 Å². The molecule has 0 atom stereocenters. The van der Waals surface area contributed by atoms with Crippen molar-refractivity contribution < 1.29 is 9.59 Å². The fraction of sp³-hybridized carbons (Fsp3) is 0.846. The van der Waals surface area contributed by atoms with E-state index < -0.39 is 0 Å². The summed E-state index contributed by atoms with van der Waals surface area (Å²) in [5.41, 5.74) is 0. The highest BCUT2D eigenvalue weighted by Crippen LogP contribution is 2.16. The Bertz CT molecular complexity index is 305. The molecular weight excluding hydrogens is 230 g/mol. The van der Waals surface area contributed by atoms with Crippen LogP contribution in [0, 0.1) is 5.92 Å². The second-order valence-electron chi connectivity index (χ2n) is 5.08. The summed E-state index contributed by atoms with van der Waals surface area (Å²) in [5.74, 6) is 0.684. The number of rotatable bonds is 2. The summed E-state index contributed by atoms with van der Waals surface area (Å²) in [6.45, 7) is 6.58. The zero-order chi connectivity index (χ0) is 13.0. The summed E-state index contributed by atoms with van der Waals surface area (Å²) >= 11 is 0. The molecule has 0 unspecified atom stereocenters. The number of piperazine rings is 1. The van der Waals surface area contributed by atoms with E-state index in [2.05, 4.69) is 5.32 Å². The van der Waals surface area contributed by atoms with Gasteiger partial charge in [-0.05, 0) is 25.9 Å². The first-order valence-corrected chi connectivity index (χ1v) is 6.99. The zero-order valence-corrected chi connectivity index (χ0v) is 11.2. The minimum absolute atomic E-state index is 0.194. The van der Waals surface area contributed by atoms with E-state index in [1.807, 2.05) is 16.7 Å². The van der Waals surface area contributed by atoms with Gasteiger partial charge in [-0.25, -0.2) is 0 Å². The second kappa shape index (κ2) is 6.18. The van der Waals surface area contributed by atoms with Gasteiger partial charge in [-0.2, -0.15) is 0 Å². The number of carbonyl (C=O) groups is 2. The molecule has 0 aromatic rings. The molecule has 0 aliphatic carbocycles. The van der Waals surface area contributed by atoms with Gasteiger partial charge in [0.05, 0.1) is 0 Å². The molecule has 0 saturated carbocycles. The molecule has 2 heterocycles. The van der Waals surface area contributed by atoms with Crippen molar-refractivity contribution in [2.45, 2.75) is 26.2 Å². The summed E-state index contributed by atoms with van der Waals surface area (Å²) in [4.78, 5) is 27.7. The SMILES string of the molecule is CCC(=O)N1CCN(C(=O)C2CCNCC2)CC1. The molecule has 0 spiro atoms. The number of hydrogen-bond acceptors (Lipinski definition) is 3. The average molecular weight is 253 g/mol. The van der Waals surface area contributed by atoms with Gasteiger partial charge in [0, 0.05) is 38.5 Å². The summed E-state index contributed by atoms with van der Waals surface area (Å²) in [7, 11) is 0. The van der Waals surface area contributed by atoms with Crippen LogP contribution in [-0.4, -0.2) is 60.9 Å². The monoisotopic (exact) mass is 253 g/mol. The van der Waals surface area contributed by atoms with Crippen LogP contribution in [0.25, 0.3) is 0 Å². The highest BCUT2D eigenvalue weighted by atomic mass is 16.2. The highest BCUT2D eigenvalue weighted by molar-refractivity contribution is 5.80. The average Bonchev–Trinajstić information content (AvgIpc) is 2.47. The molecule has 0 radical (unpaired) electrons. The Morgan fingerprint density at radius 1 is 1.06 bits per heavy atom. The highest BCUT2D eigenvalue weighted by Gasteiger charge is 2.29. The van der Waals surface area contributed by atoms with Gasteiger partial charge in [0.25, 0.3) is 0 Å². The molecule has 5 heteroatoms. The fourth-order valence-corrected chi connectivity index (χ4v) is 2.73. The lowest BCUT2D eigenvalue weighted by Crippen LogP contribution is -2.52. The van der Waals surface area contributed by atoms with Crippen LogP contribution in [0.3, 0.4) is 0 Å². The molecule has 2 fully saturated rings. The van der Waals surface area contributed by atoms with Crippen molar-refractivity contribution in [1.82, 2.24) is 15.1 Å². The van der Waals surface area contributed by atoms with Crippen molar-refractivity contribution in [3.63, 3.8) is 0 Å². The second-order valence-corrected chi connectivity index (χ2v) is 5.08. The van der Waals surface area contributed by atoms with Gasteiger partial charge >= 0.3 is 0 Å². The Balaban J connectivity index is 1.81. The summed E-state index contributed by atoms with van der Waals surface area (Å²) in [6, 6.07) is 0. The largest absolute Gasteiger partial charge is 0.339 e. The number of carbonyl (C=O) groups excluding carboxylic acids is 2. The van der Waals surface area contributed by atoms with Crippen molar-refractivity contribution >= 4 is 11.8 Å². The Morgan fingerprint density at radius 3 is 2.17 bits per heavy atom. The van der Waals surface area contributed by atoms with Gasteiger partial charge in [0.15, 0.2) is 0 Å². The quantitative estimate of drug-likeness (QED) is 0.757. The van der Waals surface area contributed by atoms with Crippen LogP contribution in [0.1, 0.15) is 26.2 Å². The van der Waals surface area contributed by atoms with E-state index in [-0.39, 0.29) is 11.8 Å². The first-order chi connectivity index (χ1) is 8.72. The Hall–Kier alpha value is -1.10. The van der Waals surface area contributed by atoms with Crippen LogP contribution >= 0.6 is 0 Å². The van der Waals surface area contributed by atoms with Gasteiger partial charge in [-0.1, -0.05) is 6.92 Å². The minimum atomic E-state index is 0.194. The standard InChI is InChI=1S/C13H23N3O2/c1-2-12(17)15-7-9-16(10-8-15)13(18)11-3-5-14-6-4-11/h11,14H,2-10H2,1H3. The third kappa shape index (κ3) is 3.02. The van der Waals surface area contributed by atoms with Crippen molar-refractivity contribution in [3.05, 3.63) is 0 Å². The van der Waals surface area contributed by atoms with Crippen LogP contribution in [0.5, 0.6) is 0 Å². The van der Waals surface area contributed by atoms with E-state index in [0.29, 0.717) is 38.5 Å². The molecule has 2 saturated heterocycles. The van der Waals surface area contributed by atoms with Crippen molar-refractivity contribution in [1.29, 1.82) is 0 Å². The fourth-order valence-electron chi connectivity index (χ4n) is 2.73. The summed E-state index contributed by atoms with van der Waals surface area (Å²) < 4.78 is 0. The predicted molar refractivity (Wildman–Crippen MR) is 69.0 cm³/mol. The molecule has 2 amide bonds. The molecule has 0 aromatic heterocycles. The van der Waals surface area contributed by atoms with E-state index in [1.165, 1.54) is 0 Å². The third-order valence-corrected chi connectivity index (χ3v) is 3.93. The van der Waals surface area contributed by atoms with Crippen LogP contribution < -0.4 is 5.32 Å². The molecule has 1 N–H and O–H groups in total. The molecule has 5 nitrogen and oxygen atoms in total. The molecule has 0 bridgehead atoms. The van der Waals surface area contributed by atoms with Crippen molar-refractivity contribution in [3.8, 4) is 0 Å². The first kappa shape index (κ1) is 13.3. The van der Waals surface area contributed by atoms with Crippen molar-refractivity contribution in [2.75, 3.05) is 39.3 Å². The number of amides is 2. The lowest BCUT2D eigenvalue weighted by molar-refractivity contribution is -0.142. The summed E-state index contributed by atoms with van der Waals surface area (Å²) in [5, 5.41) is 3.28. The topological polar surface area (TPSA) is 52.7 Å². The van der Waals surface area contributed by atoms with Crippen molar-refractivity contribution in [2.24, 2.45) is 5.92 Å². The van der Waals surface area contributed by atoms with Crippen LogP contribution in [0.2, 0.25) is 0 Å². The number of nitrogens with one attached hydrogen (secondary N) is 1. The summed E-state index contributed by atoms with van der Waals surface area (Å²) in [6.07, 6.45) is 2.46. The predicted octanol–water partition coefficient (Wildman–Crippen LogP) is 0.0668. The molecule has 2 aliphatic heterocycles. The maximum atomic E-state index is 12.3. The van der Waals surface area contributed by atoms with Gasteiger partial charge in [-0.15, -0.1) is 0 Å². The third-order valence-electron chi connectivity index (χ3n) is 3.93. The first-order valence-electron chi connectivity index (χ1n) is 6.99. The Morgan fingerprint density at radius 2 is 1.61 bits per heavy atom. The normalized spacial score (nSPS) is 22.1. The molecule has 2 rings (SSSR count). The smallest absolute Gasteiger partial charge is 0.225 e. The van der Waals surface area contributed by atoms with E-state index in [0.717, 1.165) is 25.9 Å². The van der Waals surface area contributed by atoms with Crippen LogP contribution in [0.15, 0.2) is 0 Å². The molecule has 0 aromatic carbocycles. The van der Waals surface area contributed by atoms with E-state index in [9.17, 15) is 9.59 Å². The Kier molecular flexibility index (Phi) is 4.58. The molecule has 2 aliphatic rings.